The summed E-state index contributed by atoms with van der Waals surface area (Å²) in [7, 11) is 3.68. The molecule has 0 aliphatic carbocycles. The Morgan fingerprint density at radius 2 is 2.10 bits per heavy atom. The van der Waals surface area contributed by atoms with Gasteiger partial charge in [0.25, 0.3) is 0 Å². The SMILES string of the molecule is C=C=C(N=CN=C)c1cncc(C(=O)/C=C/N(C)C)c1. The molecule has 0 spiro atoms. The van der Waals surface area contributed by atoms with Crippen LogP contribution in [-0.4, -0.2) is 42.8 Å². The monoisotopic (exact) mass is 268 g/mol. The largest absolute Gasteiger partial charge is 0.383 e. The average molecular weight is 268 g/mol. The molecule has 0 bridgehead atoms. The Bertz CT molecular complexity index is 608. The third-order valence-electron chi connectivity index (χ3n) is 2.26. The topological polar surface area (TPSA) is 57.9 Å². The van der Waals surface area contributed by atoms with Gasteiger partial charge in [-0.2, -0.15) is 0 Å². The Morgan fingerprint density at radius 1 is 1.40 bits per heavy atom. The van der Waals surface area contributed by atoms with Crippen LogP contribution < -0.4 is 0 Å². The molecule has 0 fully saturated rings. The van der Waals surface area contributed by atoms with E-state index in [-0.39, 0.29) is 5.78 Å². The van der Waals surface area contributed by atoms with Gasteiger partial charge in [-0.3, -0.25) is 14.8 Å². The predicted molar refractivity (Wildman–Crippen MR) is 82.0 cm³/mol. The quantitative estimate of drug-likeness (QED) is 0.261. The molecule has 1 aromatic rings. The number of aliphatic imine (C=N–C) groups is 2. The number of hydrogen-bond donors (Lipinski definition) is 0. The zero-order valence-electron chi connectivity index (χ0n) is 11.6. The van der Waals surface area contributed by atoms with E-state index in [4.69, 9.17) is 0 Å². The predicted octanol–water partition coefficient (Wildman–Crippen LogP) is 2.19. The Kier molecular flexibility index (Phi) is 5.81. The van der Waals surface area contributed by atoms with Crippen LogP contribution in [0.15, 0.2) is 53.0 Å². The maximum atomic E-state index is 12.0. The van der Waals surface area contributed by atoms with Gasteiger partial charge in [0.1, 0.15) is 12.0 Å². The van der Waals surface area contributed by atoms with Gasteiger partial charge < -0.3 is 4.90 Å². The van der Waals surface area contributed by atoms with E-state index in [9.17, 15) is 4.79 Å². The molecule has 1 heterocycles. The molecule has 102 valence electrons. The van der Waals surface area contributed by atoms with Crippen molar-refractivity contribution in [3.63, 3.8) is 0 Å². The Balaban J connectivity index is 3.07. The zero-order valence-corrected chi connectivity index (χ0v) is 11.6. The van der Waals surface area contributed by atoms with E-state index in [0.717, 1.165) is 0 Å². The highest BCUT2D eigenvalue weighted by Gasteiger charge is 2.06. The molecule has 0 aromatic carbocycles. The van der Waals surface area contributed by atoms with Crippen LogP contribution in [-0.2, 0) is 0 Å². The van der Waals surface area contributed by atoms with Crippen LogP contribution in [0.4, 0.5) is 0 Å². The number of ketones is 1. The molecular formula is C15H16N4O. The third-order valence-corrected chi connectivity index (χ3v) is 2.26. The van der Waals surface area contributed by atoms with Crippen LogP contribution in [0.2, 0.25) is 0 Å². The number of allylic oxidation sites excluding steroid dienone is 1. The molecule has 0 amide bonds. The smallest absolute Gasteiger partial charge is 0.188 e. The Hall–Kier alpha value is -2.78. The van der Waals surface area contributed by atoms with E-state index in [2.05, 4.69) is 34.0 Å². The molecule has 0 N–H and O–H groups in total. The molecule has 0 unspecified atom stereocenters. The first-order valence-electron chi connectivity index (χ1n) is 5.81. The number of carbonyl (C=O) groups is 1. The van der Waals surface area contributed by atoms with Crippen LogP contribution in [0.5, 0.6) is 0 Å². The van der Waals surface area contributed by atoms with E-state index in [1.807, 2.05) is 14.1 Å². The van der Waals surface area contributed by atoms with Gasteiger partial charge in [-0.05, 0) is 12.8 Å². The Morgan fingerprint density at radius 3 is 2.70 bits per heavy atom. The highest BCUT2D eigenvalue weighted by Crippen LogP contribution is 2.15. The summed E-state index contributed by atoms with van der Waals surface area (Å²) < 4.78 is 0. The lowest BCUT2D eigenvalue weighted by Crippen LogP contribution is -2.03. The first kappa shape index (κ1) is 15.3. The Labute approximate surface area is 118 Å². The second-order valence-corrected chi connectivity index (χ2v) is 4.06. The van der Waals surface area contributed by atoms with E-state index in [0.29, 0.717) is 16.8 Å². The molecule has 0 aliphatic heterocycles. The van der Waals surface area contributed by atoms with E-state index in [1.165, 1.54) is 18.6 Å². The fraction of sp³-hybridized carbons (Fsp3) is 0.133. The van der Waals surface area contributed by atoms with Gasteiger partial charge in [-0.15, -0.1) is 5.73 Å². The lowest BCUT2D eigenvalue weighted by atomic mass is 10.1. The maximum Gasteiger partial charge on any atom is 0.188 e. The summed E-state index contributed by atoms with van der Waals surface area (Å²) >= 11 is 0. The number of aromatic nitrogens is 1. The minimum Gasteiger partial charge on any atom is -0.383 e. The summed E-state index contributed by atoms with van der Waals surface area (Å²) in [5, 5.41) is 0. The third kappa shape index (κ3) is 4.48. The van der Waals surface area contributed by atoms with Gasteiger partial charge in [-0.1, -0.05) is 6.58 Å². The summed E-state index contributed by atoms with van der Waals surface area (Å²) in [4.78, 5) is 25.3. The number of pyridine rings is 1. The van der Waals surface area contributed by atoms with Crippen LogP contribution >= 0.6 is 0 Å². The van der Waals surface area contributed by atoms with Crippen molar-refractivity contribution in [2.75, 3.05) is 14.1 Å². The number of carbonyl (C=O) groups excluding carboxylic acids is 1. The van der Waals surface area contributed by atoms with Crippen molar-refractivity contribution in [1.29, 1.82) is 0 Å². The van der Waals surface area contributed by atoms with Gasteiger partial charge >= 0.3 is 0 Å². The lowest BCUT2D eigenvalue weighted by molar-refractivity contribution is 0.104. The van der Waals surface area contributed by atoms with Gasteiger partial charge in [0.2, 0.25) is 0 Å². The molecular weight excluding hydrogens is 252 g/mol. The van der Waals surface area contributed by atoms with Crippen molar-refractivity contribution in [3.05, 3.63) is 54.2 Å². The fourth-order valence-electron chi connectivity index (χ4n) is 1.34. The number of rotatable bonds is 6. The highest BCUT2D eigenvalue weighted by molar-refractivity contribution is 6.04. The van der Waals surface area contributed by atoms with Crippen LogP contribution in [0, 0.1) is 0 Å². The van der Waals surface area contributed by atoms with E-state index in [1.54, 1.807) is 23.4 Å². The zero-order chi connectivity index (χ0) is 15.0. The van der Waals surface area contributed by atoms with Gasteiger partial charge in [-0.25, -0.2) is 4.99 Å². The number of nitrogens with zero attached hydrogens (tertiary/aromatic N) is 4. The summed E-state index contributed by atoms with van der Waals surface area (Å²) in [6.45, 7) is 6.86. The van der Waals surface area contributed by atoms with Crippen molar-refractivity contribution >= 4 is 24.5 Å². The molecule has 0 aliphatic rings. The van der Waals surface area contributed by atoms with Crippen LogP contribution in [0.1, 0.15) is 15.9 Å². The van der Waals surface area contributed by atoms with Gasteiger partial charge in [0, 0.05) is 49.9 Å². The van der Waals surface area contributed by atoms with Crippen molar-refractivity contribution in [3.8, 4) is 0 Å². The summed E-state index contributed by atoms with van der Waals surface area (Å²) in [6, 6.07) is 1.68. The molecule has 1 aromatic heterocycles. The molecule has 0 radical (unpaired) electrons. The molecule has 0 atom stereocenters. The standard InChI is InChI=1S/C15H16N4O/c1-5-14(18-11-16-2)12-8-13(10-17-9-12)15(20)6-7-19(3)4/h6-11H,1-2H2,3-4H3/b7-6+,18-11?. The van der Waals surface area contributed by atoms with Crippen molar-refractivity contribution in [2.24, 2.45) is 9.98 Å². The van der Waals surface area contributed by atoms with E-state index >= 15 is 0 Å². The normalized spacial score (nSPS) is 10.5. The molecule has 0 saturated carbocycles. The molecule has 20 heavy (non-hydrogen) atoms. The van der Waals surface area contributed by atoms with Crippen molar-refractivity contribution in [1.82, 2.24) is 9.88 Å². The molecule has 5 nitrogen and oxygen atoms in total. The maximum absolute atomic E-state index is 12.0. The average Bonchev–Trinajstić information content (AvgIpc) is 2.46. The number of hydrogen-bond acceptors (Lipinski definition) is 4. The highest BCUT2D eigenvalue weighted by atomic mass is 16.1. The van der Waals surface area contributed by atoms with Crippen molar-refractivity contribution in [2.45, 2.75) is 0 Å². The fourth-order valence-corrected chi connectivity index (χ4v) is 1.34. The van der Waals surface area contributed by atoms with Gasteiger partial charge in [0.15, 0.2) is 5.78 Å². The summed E-state index contributed by atoms with van der Waals surface area (Å²) in [5.74, 6) is -0.137. The second-order valence-electron chi connectivity index (χ2n) is 4.06. The van der Waals surface area contributed by atoms with Gasteiger partial charge in [0.05, 0.1) is 0 Å². The first-order chi connectivity index (χ1) is 9.58. The minimum absolute atomic E-state index is 0.137. The molecule has 5 heteroatoms. The molecule has 0 saturated heterocycles. The summed E-state index contributed by atoms with van der Waals surface area (Å²) in [6.07, 6.45) is 7.53. The summed E-state index contributed by atoms with van der Waals surface area (Å²) in [5.41, 5.74) is 4.24. The van der Waals surface area contributed by atoms with Crippen molar-refractivity contribution < 1.29 is 4.79 Å². The second kappa shape index (κ2) is 7.61. The first-order valence-corrected chi connectivity index (χ1v) is 5.81. The lowest BCUT2D eigenvalue weighted by Gasteiger charge is -2.04. The molecule has 1 rings (SSSR count). The van der Waals surface area contributed by atoms with E-state index < -0.39 is 0 Å². The van der Waals surface area contributed by atoms with Crippen LogP contribution in [0.25, 0.3) is 5.70 Å². The minimum atomic E-state index is -0.137. The van der Waals surface area contributed by atoms with Crippen LogP contribution in [0.3, 0.4) is 0 Å².